The highest BCUT2D eigenvalue weighted by Crippen LogP contribution is 2.15. The number of nitrogens with two attached hydrogens (primary N) is 1. The van der Waals surface area contributed by atoms with E-state index in [9.17, 15) is 4.39 Å². The van der Waals surface area contributed by atoms with Gasteiger partial charge in [-0.2, -0.15) is 0 Å². The lowest BCUT2D eigenvalue weighted by atomic mass is 10.0. The summed E-state index contributed by atoms with van der Waals surface area (Å²) in [7, 11) is 1.64. The molecule has 0 saturated carbocycles. The Morgan fingerprint density at radius 1 is 1.50 bits per heavy atom. The van der Waals surface area contributed by atoms with Crippen LogP contribution in [0.25, 0.3) is 0 Å². The molecule has 1 atom stereocenters. The molecule has 3 nitrogen and oxygen atoms in total. The van der Waals surface area contributed by atoms with Gasteiger partial charge in [0.1, 0.15) is 5.82 Å². The van der Waals surface area contributed by atoms with Crippen molar-refractivity contribution < 1.29 is 9.13 Å². The second-order valence-corrected chi connectivity index (χ2v) is 3.74. The molecule has 0 aliphatic carbocycles. The molecule has 0 saturated heterocycles. The van der Waals surface area contributed by atoms with Crippen molar-refractivity contribution in [3.63, 3.8) is 0 Å². The van der Waals surface area contributed by atoms with E-state index in [4.69, 9.17) is 10.5 Å². The van der Waals surface area contributed by atoms with Crippen LogP contribution in [0, 0.1) is 12.7 Å². The van der Waals surface area contributed by atoms with E-state index in [1.54, 1.807) is 20.1 Å². The number of rotatable bonds is 6. The van der Waals surface area contributed by atoms with Crippen molar-refractivity contribution in [1.82, 2.24) is 5.32 Å². The van der Waals surface area contributed by atoms with Crippen LogP contribution in [0.1, 0.15) is 17.2 Å². The average molecular weight is 226 g/mol. The molecule has 0 aliphatic heterocycles. The molecule has 4 heteroatoms. The quantitative estimate of drug-likeness (QED) is 0.720. The Labute approximate surface area is 95.8 Å². The minimum atomic E-state index is -0.190. The number of hydrogen-bond acceptors (Lipinski definition) is 3. The molecule has 0 spiro atoms. The number of hydrogen-bond donors (Lipinski definition) is 2. The molecule has 16 heavy (non-hydrogen) atoms. The minimum absolute atomic E-state index is 0.0229. The largest absolute Gasteiger partial charge is 0.383 e. The third kappa shape index (κ3) is 3.56. The van der Waals surface area contributed by atoms with E-state index in [1.807, 2.05) is 6.07 Å². The molecular formula is C12H19FN2O. The standard InChI is InChI=1S/C12H19FN2O/c1-9-3-4-10(7-11(9)13)12(8-14)15-5-6-16-2/h3-4,7,12,15H,5-6,8,14H2,1-2H3. The van der Waals surface area contributed by atoms with Gasteiger partial charge in [0.05, 0.1) is 6.61 Å². The van der Waals surface area contributed by atoms with E-state index in [0.717, 1.165) is 5.56 Å². The molecule has 0 radical (unpaired) electrons. The monoisotopic (exact) mass is 226 g/mol. The van der Waals surface area contributed by atoms with Crippen LogP contribution in [0.15, 0.2) is 18.2 Å². The number of benzene rings is 1. The molecule has 0 bridgehead atoms. The summed E-state index contributed by atoms with van der Waals surface area (Å²) >= 11 is 0. The van der Waals surface area contributed by atoms with Gasteiger partial charge in [0.25, 0.3) is 0 Å². The van der Waals surface area contributed by atoms with Gasteiger partial charge in [-0.3, -0.25) is 0 Å². The normalized spacial score (nSPS) is 12.8. The zero-order valence-corrected chi connectivity index (χ0v) is 9.79. The first-order valence-electron chi connectivity index (χ1n) is 5.37. The van der Waals surface area contributed by atoms with Gasteiger partial charge in [0.15, 0.2) is 0 Å². The van der Waals surface area contributed by atoms with E-state index in [-0.39, 0.29) is 11.9 Å². The number of methoxy groups -OCH3 is 1. The highest BCUT2D eigenvalue weighted by molar-refractivity contribution is 5.26. The third-order valence-corrected chi connectivity index (χ3v) is 2.53. The van der Waals surface area contributed by atoms with Crippen LogP contribution >= 0.6 is 0 Å². The Morgan fingerprint density at radius 2 is 2.25 bits per heavy atom. The molecule has 1 unspecified atom stereocenters. The lowest BCUT2D eigenvalue weighted by molar-refractivity contribution is 0.196. The minimum Gasteiger partial charge on any atom is -0.383 e. The summed E-state index contributed by atoms with van der Waals surface area (Å²) in [6, 6.07) is 5.18. The maximum Gasteiger partial charge on any atom is 0.126 e. The Morgan fingerprint density at radius 3 is 2.81 bits per heavy atom. The first kappa shape index (κ1) is 13.1. The van der Waals surface area contributed by atoms with Crippen LogP contribution in [-0.4, -0.2) is 26.8 Å². The third-order valence-electron chi connectivity index (χ3n) is 2.53. The molecule has 0 fully saturated rings. The van der Waals surface area contributed by atoms with Gasteiger partial charge in [0, 0.05) is 26.2 Å². The van der Waals surface area contributed by atoms with Crippen molar-refractivity contribution in [1.29, 1.82) is 0 Å². The summed E-state index contributed by atoms with van der Waals surface area (Å²) in [5.41, 5.74) is 7.18. The molecule has 0 amide bonds. The Bertz CT molecular complexity index is 331. The zero-order valence-electron chi connectivity index (χ0n) is 9.79. The summed E-state index contributed by atoms with van der Waals surface area (Å²) in [4.78, 5) is 0. The van der Waals surface area contributed by atoms with Crippen LogP contribution in [-0.2, 0) is 4.74 Å². The van der Waals surface area contributed by atoms with Gasteiger partial charge < -0.3 is 15.8 Å². The molecule has 0 aromatic heterocycles. The highest BCUT2D eigenvalue weighted by atomic mass is 19.1. The summed E-state index contributed by atoms with van der Waals surface area (Å²) in [6.07, 6.45) is 0. The summed E-state index contributed by atoms with van der Waals surface area (Å²) in [5, 5.41) is 3.22. The van der Waals surface area contributed by atoms with Crippen LogP contribution < -0.4 is 11.1 Å². The number of aryl methyl sites for hydroxylation is 1. The molecule has 1 aromatic rings. The van der Waals surface area contributed by atoms with Crippen molar-refractivity contribution in [3.05, 3.63) is 35.1 Å². The van der Waals surface area contributed by atoms with Gasteiger partial charge in [-0.1, -0.05) is 12.1 Å². The van der Waals surface area contributed by atoms with Crippen molar-refractivity contribution in [2.24, 2.45) is 5.73 Å². The second kappa shape index (κ2) is 6.58. The van der Waals surface area contributed by atoms with Crippen molar-refractivity contribution in [2.75, 3.05) is 26.8 Å². The van der Waals surface area contributed by atoms with Crippen LogP contribution in [0.3, 0.4) is 0 Å². The lowest BCUT2D eigenvalue weighted by Crippen LogP contribution is -2.30. The lowest BCUT2D eigenvalue weighted by Gasteiger charge is -2.17. The predicted molar refractivity (Wildman–Crippen MR) is 62.8 cm³/mol. The fourth-order valence-electron chi connectivity index (χ4n) is 1.50. The van der Waals surface area contributed by atoms with Gasteiger partial charge >= 0.3 is 0 Å². The Kier molecular flexibility index (Phi) is 5.38. The van der Waals surface area contributed by atoms with Crippen LogP contribution in [0.5, 0.6) is 0 Å². The van der Waals surface area contributed by atoms with Crippen molar-refractivity contribution in [2.45, 2.75) is 13.0 Å². The van der Waals surface area contributed by atoms with Crippen LogP contribution in [0.4, 0.5) is 4.39 Å². The smallest absolute Gasteiger partial charge is 0.126 e. The number of nitrogens with one attached hydrogen (secondary N) is 1. The maximum absolute atomic E-state index is 13.4. The molecule has 1 aromatic carbocycles. The zero-order chi connectivity index (χ0) is 12.0. The molecule has 0 aliphatic rings. The molecule has 90 valence electrons. The summed E-state index contributed by atoms with van der Waals surface area (Å²) in [5.74, 6) is -0.190. The summed E-state index contributed by atoms with van der Waals surface area (Å²) < 4.78 is 18.3. The predicted octanol–water partition coefficient (Wildman–Crippen LogP) is 1.37. The van der Waals surface area contributed by atoms with Gasteiger partial charge in [-0.25, -0.2) is 4.39 Å². The van der Waals surface area contributed by atoms with Gasteiger partial charge in [-0.05, 0) is 24.1 Å². The molecular weight excluding hydrogens is 207 g/mol. The van der Waals surface area contributed by atoms with E-state index in [2.05, 4.69) is 5.32 Å². The molecule has 3 N–H and O–H groups in total. The van der Waals surface area contributed by atoms with E-state index >= 15 is 0 Å². The van der Waals surface area contributed by atoms with Gasteiger partial charge in [-0.15, -0.1) is 0 Å². The maximum atomic E-state index is 13.4. The van der Waals surface area contributed by atoms with E-state index in [1.165, 1.54) is 6.07 Å². The highest BCUT2D eigenvalue weighted by Gasteiger charge is 2.10. The topological polar surface area (TPSA) is 47.3 Å². The SMILES string of the molecule is COCCNC(CN)c1ccc(C)c(F)c1. The first-order chi connectivity index (χ1) is 7.69. The van der Waals surface area contributed by atoms with E-state index < -0.39 is 0 Å². The fraction of sp³-hybridized carbons (Fsp3) is 0.500. The van der Waals surface area contributed by atoms with E-state index in [0.29, 0.717) is 25.3 Å². The molecule has 0 heterocycles. The average Bonchev–Trinajstić information content (AvgIpc) is 2.29. The van der Waals surface area contributed by atoms with Crippen molar-refractivity contribution >= 4 is 0 Å². The number of halogens is 1. The van der Waals surface area contributed by atoms with Crippen LogP contribution in [0.2, 0.25) is 0 Å². The fourth-order valence-corrected chi connectivity index (χ4v) is 1.50. The number of ether oxygens (including phenoxy) is 1. The first-order valence-corrected chi connectivity index (χ1v) is 5.37. The van der Waals surface area contributed by atoms with Crippen molar-refractivity contribution in [3.8, 4) is 0 Å². The Balaban J connectivity index is 2.67. The summed E-state index contributed by atoms with van der Waals surface area (Å²) in [6.45, 7) is 3.50. The molecule has 1 rings (SSSR count). The second-order valence-electron chi connectivity index (χ2n) is 3.74. The Hall–Kier alpha value is -0.970. The van der Waals surface area contributed by atoms with Gasteiger partial charge in [0.2, 0.25) is 0 Å².